The third-order valence-corrected chi connectivity index (χ3v) is 4.19. The Kier molecular flexibility index (Phi) is 5.77. The van der Waals surface area contributed by atoms with Crippen LogP contribution < -0.4 is 5.32 Å². The van der Waals surface area contributed by atoms with Gasteiger partial charge in [0.25, 0.3) is 0 Å². The molecule has 1 heterocycles. The van der Waals surface area contributed by atoms with Gasteiger partial charge >= 0.3 is 0 Å². The number of ether oxygens (including phenoxy) is 1. The number of nitrogens with zero attached hydrogens (tertiary/aromatic N) is 2. The van der Waals surface area contributed by atoms with Crippen LogP contribution in [0.2, 0.25) is 0 Å². The summed E-state index contributed by atoms with van der Waals surface area (Å²) in [6, 6.07) is 8.34. The van der Waals surface area contributed by atoms with Crippen molar-refractivity contribution in [2.75, 3.05) is 20.8 Å². The number of halogens is 2. The van der Waals surface area contributed by atoms with E-state index >= 15 is 0 Å². The lowest BCUT2D eigenvalue weighted by Gasteiger charge is -2.19. The van der Waals surface area contributed by atoms with Crippen molar-refractivity contribution in [1.29, 1.82) is 0 Å². The monoisotopic (exact) mass is 401 g/mol. The Morgan fingerprint density at radius 3 is 2.85 bits per heavy atom. The van der Waals surface area contributed by atoms with Crippen molar-refractivity contribution in [3.63, 3.8) is 0 Å². The zero-order chi connectivity index (χ0) is 14.5. The predicted octanol–water partition coefficient (Wildman–Crippen LogP) is 3.36. The maximum atomic E-state index is 5.14. The van der Waals surface area contributed by atoms with Gasteiger partial charge in [0, 0.05) is 11.6 Å². The molecule has 1 N–H and O–H groups in total. The topological polar surface area (TPSA) is 39.1 Å². The number of benzene rings is 1. The first-order chi connectivity index (χ1) is 9.67. The van der Waals surface area contributed by atoms with Crippen LogP contribution in [0, 0.1) is 0 Å². The summed E-state index contributed by atoms with van der Waals surface area (Å²) in [5.41, 5.74) is 2.28. The van der Waals surface area contributed by atoms with Gasteiger partial charge in [0.1, 0.15) is 0 Å². The first-order valence-corrected chi connectivity index (χ1v) is 7.88. The van der Waals surface area contributed by atoms with Crippen LogP contribution in [-0.4, -0.2) is 30.5 Å². The van der Waals surface area contributed by atoms with E-state index in [0.717, 1.165) is 21.2 Å². The molecule has 0 fully saturated rings. The molecule has 0 amide bonds. The number of methoxy groups -OCH3 is 1. The summed E-state index contributed by atoms with van der Waals surface area (Å²) in [5.74, 6) is 0. The molecule has 0 radical (unpaired) electrons. The minimum absolute atomic E-state index is 0.0706. The molecule has 108 valence electrons. The lowest BCUT2D eigenvalue weighted by Crippen LogP contribution is -2.23. The van der Waals surface area contributed by atoms with Crippen LogP contribution >= 0.6 is 31.9 Å². The molecule has 6 heteroatoms. The van der Waals surface area contributed by atoms with E-state index in [4.69, 9.17) is 4.74 Å². The molecular weight excluding hydrogens is 386 g/mol. The van der Waals surface area contributed by atoms with Gasteiger partial charge in [-0.3, -0.25) is 4.68 Å². The van der Waals surface area contributed by atoms with Crippen molar-refractivity contribution in [3.8, 4) is 0 Å². The Morgan fingerprint density at radius 1 is 1.40 bits per heavy atom. The first kappa shape index (κ1) is 15.7. The van der Waals surface area contributed by atoms with E-state index in [2.05, 4.69) is 54.4 Å². The SMILES string of the molecule is CNC(c1cccc(Br)c1)c1c(Br)cnn1CCOC. The van der Waals surface area contributed by atoms with Gasteiger partial charge in [0.15, 0.2) is 0 Å². The van der Waals surface area contributed by atoms with Crippen LogP contribution in [0.15, 0.2) is 39.4 Å². The highest BCUT2D eigenvalue weighted by Gasteiger charge is 2.20. The van der Waals surface area contributed by atoms with Crippen molar-refractivity contribution >= 4 is 31.9 Å². The first-order valence-electron chi connectivity index (χ1n) is 6.30. The van der Waals surface area contributed by atoms with Gasteiger partial charge in [-0.25, -0.2) is 0 Å². The number of hydrogen-bond acceptors (Lipinski definition) is 3. The van der Waals surface area contributed by atoms with E-state index in [-0.39, 0.29) is 6.04 Å². The number of nitrogens with one attached hydrogen (secondary N) is 1. The lowest BCUT2D eigenvalue weighted by molar-refractivity contribution is 0.182. The summed E-state index contributed by atoms with van der Waals surface area (Å²) >= 11 is 7.11. The zero-order valence-electron chi connectivity index (χ0n) is 11.4. The van der Waals surface area contributed by atoms with Crippen molar-refractivity contribution < 1.29 is 4.74 Å². The van der Waals surface area contributed by atoms with Crippen molar-refractivity contribution in [3.05, 3.63) is 50.7 Å². The summed E-state index contributed by atoms with van der Waals surface area (Å²) in [7, 11) is 3.65. The Balaban J connectivity index is 2.38. The molecule has 1 unspecified atom stereocenters. The quantitative estimate of drug-likeness (QED) is 0.805. The maximum Gasteiger partial charge on any atom is 0.0757 e. The highest BCUT2D eigenvalue weighted by atomic mass is 79.9. The summed E-state index contributed by atoms with van der Waals surface area (Å²) in [6.45, 7) is 1.36. The fourth-order valence-electron chi connectivity index (χ4n) is 2.16. The van der Waals surface area contributed by atoms with Gasteiger partial charge in [0.05, 0.1) is 35.6 Å². The van der Waals surface area contributed by atoms with Gasteiger partial charge in [-0.05, 0) is 40.7 Å². The predicted molar refractivity (Wildman–Crippen MR) is 86.8 cm³/mol. The average Bonchev–Trinajstić information content (AvgIpc) is 2.79. The third-order valence-electron chi connectivity index (χ3n) is 3.08. The second-order valence-corrected chi connectivity index (χ2v) is 6.14. The van der Waals surface area contributed by atoms with Crippen LogP contribution in [0.5, 0.6) is 0 Å². The molecule has 0 aliphatic heterocycles. The Hall–Kier alpha value is -0.690. The van der Waals surface area contributed by atoms with Crippen molar-refractivity contribution in [2.24, 2.45) is 0 Å². The molecule has 1 aromatic carbocycles. The van der Waals surface area contributed by atoms with E-state index in [1.807, 2.05) is 30.1 Å². The van der Waals surface area contributed by atoms with Crippen LogP contribution in [-0.2, 0) is 11.3 Å². The van der Waals surface area contributed by atoms with E-state index in [1.54, 1.807) is 7.11 Å². The molecule has 0 saturated carbocycles. The number of rotatable bonds is 6. The van der Waals surface area contributed by atoms with Gasteiger partial charge in [-0.15, -0.1) is 0 Å². The molecule has 0 aliphatic rings. The summed E-state index contributed by atoms with van der Waals surface area (Å²) in [4.78, 5) is 0. The molecule has 1 atom stereocenters. The largest absolute Gasteiger partial charge is 0.383 e. The molecule has 20 heavy (non-hydrogen) atoms. The van der Waals surface area contributed by atoms with Crippen molar-refractivity contribution in [2.45, 2.75) is 12.6 Å². The molecule has 4 nitrogen and oxygen atoms in total. The van der Waals surface area contributed by atoms with Crippen LogP contribution in [0.4, 0.5) is 0 Å². The van der Waals surface area contributed by atoms with Crippen LogP contribution in [0.1, 0.15) is 17.3 Å². The highest BCUT2D eigenvalue weighted by molar-refractivity contribution is 9.10. The minimum Gasteiger partial charge on any atom is -0.383 e. The fourth-order valence-corrected chi connectivity index (χ4v) is 3.10. The number of hydrogen-bond donors (Lipinski definition) is 1. The Morgan fingerprint density at radius 2 is 2.20 bits per heavy atom. The minimum atomic E-state index is 0.0706. The molecule has 0 aliphatic carbocycles. The van der Waals surface area contributed by atoms with Gasteiger partial charge in [-0.2, -0.15) is 5.10 Å². The molecule has 0 bridgehead atoms. The van der Waals surface area contributed by atoms with E-state index in [1.165, 1.54) is 5.56 Å². The van der Waals surface area contributed by atoms with E-state index in [0.29, 0.717) is 6.61 Å². The Labute approximate surface area is 135 Å². The molecule has 1 aromatic heterocycles. The Bertz CT molecular complexity index is 571. The highest BCUT2D eigenvalue weighted by Crippen LogP contribution is 2.29. The van der Waals surface area contributed by atoms with Crippen LogP contribution in [0.25, 0.3) is 0 Å². The summed E-state index contributed by atoms with van der Waals surface area (Å²) in [6.07, 6.45) is 1.83. The van der Waals surface area contributed by atoms with Crippen LogP contribution in [0.3, 0.4) is 0 Å². The van der Waals surface area contributed by atoms with Crippen molar-refractivity contribution in [1.82, 2.24) is 15.1 Å². The smallest absolute Gasteiger partial charge is 0.0757 e. The normalized spacial score (nSPS) is 12.6. The van der Waals surface area contributed by atoms with Gasteiger partial charge in [-0.1, -0.05) is 28.1 Å². The van der Waals surface area contributed by atoms with E-state index in [9.17, 15) is 0 Å². The summed E-state index contributed by atoms with van der Waals surface area (Å²) < 4.78 is 9.17. The average molecular weight is 403 g/mol. The third kappa shape index (κ3) is 3.49. The zero-order valence-corrected chi connectivity index (χ0v) is 14.6. The maximum absolute atomic E-state index is 5.14. The molecule has 2 aromatic rings. The number of aromatic nitrogens is 2. The second kappa shape index (κ2) is 7.36. The molecule has 0 spiro atoms. The van der Waals surface area contributed by atoms with E-state index < -0.39 is 0 Å². The molecule has 0 saturated heterocycles. The lowest BCUT2D eigenvalue weighted by atomic mass is 10.0. The second-order valence-electron chi connectivity index (χ2n) is 4.37. The fraction of sp³-hybridized carbons (Fsp3) is 0.357. The van der Waals surface area contributed by atoms with Gasteiger partial charge < -0.3 is 10.1 Å². The molecular formula is C14H17Br2N3O. The van der Waals surface area contributed by atoms with Gasteiger partial charge in [0.2, 0.25) is 0 Å². The molecule has 2 rings (SSSR count). The standard InChI is InChI=1S/C14H17Br2N3O/c1-17-13(10-4-3-5-11(15)8-10)14-12(16)9-18-19(14)6-7-20-2/h3-5,8-9,13,17H,6-7H2,1-2H3. The summed E-state index contributed by atoms with van der Waals surface area (Å²) in [5, 5.41) is 7.76.